The number of Topliss-reactive ketones (excluding diaryl/α,β-unsaturated/α-hetero) is 1. The van der Waals surface area contributed by atoms with E-state index >= 15 is 0 Å². The number of nitrogens with zero attached hydrogens (tertiary/aromatic N) is 3. The first kappa shape index (κ1) is 17.4. The Labute approximate surface area is 167 Å². The van der Waals surface area contributed by atoms with Crippen LogP contribution in [0.25, 0.3) is 16.6 Å². The number of benzene rings is 2. The van der Waals surface area contributed by atoms with Gasteiger partial charge in [-0.25, -0.2) is 4.68 Å². The predicted molar refractivity (Wildman–Crippen MR) is 111 cm³/mol. The van der Waals surface area contributed by atoms with Crippen molar-refractivity contribution in [2.24, 2.45) is 5.92 Å². The van der Waals surface area contributed by atoms with Gasteiger partial charge < -0.3 is 9.88 Å². The number of ketones is 1. The van der Waals surface area contributed by atoms with Gasteiger partial charge >= 0.3 is 0 Å². The summed E-state index contributed by atoms with van der Waals surface area (Å²) in [6.45, 7) is 0.893. The second-order valence-corrected chi connectivity index (χ2v) is 7.44. The van der Waals surface area contributed by atoms with Gasteiger partial charge in [-0.1, -0.05) is 18.2 Å². The van der Waals surface area contributed by atoms with Crippen LogP contribution in [-0.4, -0.2) is 26.0 Å². The molecule has 1 saturated carbocycles. The molecule has 0 atom stereocenters. The summed E-state index contributed by atoms with van der Waals surface area (Å²) in [5, 5.41) is 7.71. The lowest BCUT2D eigenvalue weighted by atomic mass is 10.1. The van der Waals surface area contributed by atoms with E-state index in [0.29, 0.717) is 17.2 Å². The average molecular weight is 384 g/mol. The molecule has 144 valence electrons. The second kappa shape index (κ2) is 7.05. The van der Waals surface area contributed by atoms with E-state index in [0.717, 1.165) is 23.1 Å². The number of amides is 1. The zero-order valence-corrected chi connectivity index (χ0v) is 15.8. The monoisotopic (exact) mass is 384 g/mol. The predicted octanol–water partition coefficient (Wildman–Crippen LogP) is 4.06. The normalized spacial score (nSPS) is 13.5. The number of hydrogen-bond donors (Lipinski definition) is 1. The molecule has 29 heavy (non-hydrogen) atoms. The molecule has 6 nitrogen and oxygen atoms in total. The van der Waals surface area contributed by atoms with Crippen LogP contribution in [0.5, 0.6) is 0 Å². The largest absolute Gasteiger partial charge is 0.346 e. The van der Waals surface area contributed by atoms with E-state index in [4.69, 9.17) is 0 Å². The van der Waals surface area contributed by atoms with Crippen molar-refractivity contribution in [1.29, 1.82) is 0 Å². The van der Waals surface area contributed by atoms with E-state index in [9.17, 15) is 9.59 Å². The van der Waals surface area contributed by atoms with Gasteiger partial charge in [0.15, 0.2) is 0 Å². The summed E-state index contributed by atoms with van der Waals surface area (Å²) in [6.07, 6.45) is 7.82. The highest BCUT2D eigenvalue weighted by molar-refractivity contribution is 6.48. The highest BCUT2D eigenvalue weighted by atomic mass is 16.2. The van der Waals surface area contributed by atoms with Crippen molar-refractivity contribution in [2.45, 2.75) is 19.4 Å². The van der Waals surface area contributed by atoms with Gasteiger partial charge in [0.05, 0.1) is 11.3 Å². The fraction of sp³-hybridized carbons (Fsp3) is 0.174. The quantitative estimate of drug-likeness (QED) is 0.403. The molecular weight excluding hydrogens is 364 g/mol. The topological polar surface area (TPSA) is 68.9 Å². The zero-order valence-electron chi connectivity index (χ0n) is 15.8. The van der Waals surface area contributed by atoms with Crippen molar-refractivity contribution in [2.75, 3.05) is 5.32 Å². The molecule has 1 aliphatic rings. The molecule has 1 amide bonds. The van der Waals surface area contributed by atoms with E-state index in [1.165, 1.54) is 12.8 Å². The molecule has 0 bridgehead atoms. The van der Waals surface area contributed by atoms with Crippen LogP contribution in [0.2, 0.25) is 0 Å². The number of para-hydroxylation sites is 1. The van der Waals surface area contributed by atoms with Crippen LogP contribution in [0.4, 0.5) is 5.69 Å². The highest BCUT2D eigenvalue weighted by Crippen LogP contribution is 2.33. The number of nitrogens with one attached hydrogen (secondary N) is 1. The highest BCUT2D eigenvalue weighted by Gasteiger charge is 2.25. The molecule has 2 aromatic heterocycles. The molecule has 0 spiro atoms. The summed E-state index contributed by atoms with van der Waals surface area (Å²) in [7, 11) is 0. The second-order valence-electron chi connectivity index (χ2n) is 7.44. The third-order valence-electron chi connectivity index (χ3n) is 5.29. The van der Waals surface area contributed by atoms with Crippen LogP contribution >= 0.6 is 0 Å². The van der Waals surface area contributed by atoms with Gasteiger partial charge in [0.2, 0.25) is 0 Å². The Morgan fingerprint density at radius 2 is 1.83 bits per heavy atom. The standard InChI is InChI=1S/C23H20N4O2/c28-22(20-15-26(14-16-6-7-16)21-5-2-1-4-19(20)21)23(29)25-17-8-10-18(11-9-17)27-13-3-12-24-27/h1-5,8-13,15-16H,6-7,14H2,(H,25,29). The van der Waals surface area contributed by atoms with E-state index < -0.39 is 11.7 Å². The Morgan fingerprint density at radius 3 is 2.55 bits per heavy atom. The van der Waals surface area contributed by atoms with E-state index in [-0.39, 0.29) is 0 Å². The van der Waals surface area contributed by atoms with E-state index in [1.807, 2.05) is 54.9 Å². The Bertz CT molecular complexity index is 1190. The SMILES string of the molecule is O=C(Nc1ccc(-n2cccn2)cc1)C(=O)c1cn(CC2CC2)c2ccccc12. The Hall–Kier alpha value is -3.67. The van der Waals surface area contributed by atoms with Crippen LogP contribution in [-0.2, 0) is 11.3 Å². The van der Waals surface area contributed by atoms with Crippen molar-refractivity contribution >= 4 is 28.3 Å². The Kier molecular flexibility index (Phi) is 4.24. The smallest absolute Gasteiger partial charge is 0.296 e. The van der Waals surface area contributed by atoms with Crippen molar-refractivity contribution in [1.82, 2.24) is 14.3 Å². The summed E-state index contributed by atoms with van der Waals surface area (Å²) >= 11 is 0. The maximum Gasteiger partial charge on any atom is 0.296 e. The Balaban J connectivity index is 1.37. The molecule has 6 heteroatoms. The van der Waals surface area contributed by atoms with Crippen molar-refractivity contribution in [3.05, 3.63) is 78.8 Å². The first-order chi connectivity index (χ1) is 14.2. The summed E-state index contributed by atoms with van der Waals surface area (Å²) in [6, 6.07) is 16.8. The first-order valence-corrected chi connectivity index (χ1v) is 9.73. The van der Waals surface area contributed by atoms with Crippen molar-refractivity contribution < 1.29 is 9.59 Å². The van der Waals surface area contributed by atoms with Gasteiger partial charge in [-0.3, -0.25) is 9.59 Å². The maximum absolute atomic E-state index is 12.9. The third-order valence-corrected chi connectivity index (χ3v) is 5.29. The van der Waals surface area contributed by atoms with Crippen LogP contribution in [0.1, 0.15) is 23.2 Å². The van der Waals surface area contributed by atoms with Gasteiger partial charge in [-0.2, -0.15) is 5.10 Å². The van der Waals surface area contributed by atoms with Crippen LogP contribution in [0.15, 0.2) is 73.2 Å². The summed E-state index contributed by atoms with van der Waals surface area (Å²) < 4.78 is 3.83. The minimum absolute atomic E-state index is 0.451. The van der Waals surface area contributed by atoms with Crippen LogP contribution < -0.4 is 5.32 Å². The molecule has 0 radical (unpaired) electrons. The lowest BCUT2D eigenvalue weighted by Crippen LogP contribution is -2.22. The molecule has 5 rings (SSSR count). The fourth-order valence-corrected chi connectivity index (χ4v) is 3.59. The van der Waals surface area contributed by atoms with E-state index in [1.54, 1.807) is 23.0 Å². The number of anilines is 1. The van der Waals surface area contributed by atoms with Crippen LogP contribution in [0.3, 0.4) is 0 Å². The number of aromatic nitrogens is 3. The minimum atomic E-state index is -0.633. The molecular formula is C23H20N4O2. The molecule has 2 heterocycles. The lowest BCUT2D eigenvalue weighted by Gasteiger charge is -2.06. The van der Waals surface area contributed by atoms with Crippen LogP contribution in [0, 0.1) is 5.92 Å². The fourth-order valence-electron chi connectivity index (χ4n) is 3.59. The lowest BCUT2D eigenvalue weighted by molar-refractivity contribution is -0.112. The summed E-state index contributed by atoms with van der Waals surface area (Å²) in [4.78, 5) is 25.5. The third kappa shape index (κ3) is 3.45. The zero-order chi connectivity index (χ0) is 19.8. The van der Waals surface area contributed by atoms with Gasteiger partial charge in [-0.15, -0.1) is 0 Å². The molecule has 0 saturated heterocycles. The molecule has 0 unspecified atom stereocenters. The van der Waals surface area contributed by atoms with Gasteiger partial charge in [0, 0.05) is 41.7 Å². The summed E-state index contributed by atoms with van der Waals surface area (Å²) in [5.74, 6) is -0.478. The Morgan fingerprint density at radius 1 is 1.03 bits per heavy atom. The molecule has 1 fully saturated rings. The number of carbonyl (C=O) groups excluding carboxylic acids is 2. The average Bonchev–Trinajstić information content (AvgIpc) is 3.25. The van der Waals surface area contributed by atoms with Gasteiger partial charge in [-0.05, 0) is 55.2 Å². The van der Waals surface area contributed by atoms with Gasteiger partial charge in [0.25, 0.3) is 11.7 Å². The molecule has 1 aliphatic carbocycles. The van der Waals surface area contributed by atoms with Crippen molar-refractivity contribution in [3.8, 4) is 5.69 Å². The molecule has 0 aliphatic heterocycles. The maximum atomic E-state index is 12.9. The van der Waals surface area contributed by atoms with Crippen molar-refractivity contribution in [3.63, 3.8) is 0 Å². The molecule has 2 aromatic carbocycles. The molecule has 4 aromatic rings. The van der Waals surface area contributed by atoms with Gasteiger partial charge in [0.1, 0.15) is 0 Å². The minimum Gasteiger partial charge on any atom is -0.346 e. The number of carbonyl (C=O) groups is 2. The number of hydrogen-bond acceptors (Lipinski definition) is 3. The number of fused-ring (bicyclic) bond motifs is 1. The van der Waals surface area contributed by atoms with E-state index in [2.05, 4.69) is 15.0 Å². The number of rotatable bonds is 6. The first-order valence-electron chi connectivity index (χ1n) is 9.73. The summed E-state index contributed by atoms with van der Waals surface area (Å²) in [5.41, 5.74) is 2.90. The molecule has 1 N–H and O–H groups in total.